The second kappa shape index (κ2) is 4.57. The average Bonchev–Trinajstić information content (AvgIpc) is 2.93. The van der Waals surface area contributed by atoms with E-state index in [1.54, 1.807) is 0 Å². The maximum atomic E-state index is 6.19. The summed E-state index contributed by atoms with van der Waals surface area (Å²) in [6.45, 7) is 1.78. The molecule has 1 saturated heterocycles. The van der Waals surface area contributed by atoms with Crippen LogP contribution in [0.25, 0.3) is 10.9 Å². The molecule has 0 radical (unpaired) electrons. The van der Waals surface area contributed by atoms with E-state index in [9.17, 15) is 0 Å². The lowest BCUT2D eigenvalue weighted by Gasteiger charge is -2.53. The molecule has 1 fully saturated rings. The predicted molar refractivity (Wildman–Crippen MR) is 84.3 cm³/mol. The van der Waals surface area contributed by atoms with Crippen LogP contribution < -0.4 is 5.73 Å². The molecule has 4 heteroatoms. The minimum atomic E-state index is -0.230. The summed E-state index contributed by atoms with van der Waals surface area (Å²) in [5.41, 5.74) is 9.72. The molecule has 2 heterocycles. The second-order valence-electron chi connectivity index (χ2n) is 6.60. The van der Waals surface area contributed by atoms with Crippen molar-refractivity contribution < 1.29 is 4.74 Å². The van der Waals surface area contributed by atoms with E-state index in [2.05, 4.69) is 41.3 Å². The number of hydrogen-bond acceptors (Lipinski definition) is 3. The zero-order valence-corrected chi connectivity index (χ0v) is 12.7. The highest BCUT2D eigenvalue weighted by molar-refractivity contribution is 5.88. The Hall–Kier alpha value is -1.36. The van der Waals surface area contributed by atoms with Crippen molar-refractivity contribution >= 4 is 10.9 Å². The molecule has 1 aliphatic carbocycles. The van der Waals surface area contributed by atoms with Crippen molar-refractivity contribution in [2.45, 2.75) is 24.5 Å². The lowest BCUT2D eigenvalue weighted by atomic mass is 9.68. The Labute approximate surface area is 125 Å². The smallest absolute Gasteiger partial charge is 0.109 e. The fourth-order valence-electron chi connectivity index (χ4n) is 4.59. The second-order valence-corrected chi connectivity index (χ2v) is 6.60. The number of benzene rings is 1. The van der Waals surface area contributed by atoms with Crippen LogP contribution in [-0.2, 0) is 16.8 Å². The van der Waals surface area contributed by atoms with E-state index in [0.29, 0.717) is 12.0 Å². The number of aromatic nitrogens is 1. The van der Waals surface area contributed by atoms with Crippen LogP contribution in [0.4, 0.5) is 0 Å². The van der Waals surface area contributed by atoms with Crippen molar-refractivity contribution in [1.29, 1.82) is 0 Å². The van der Waals surface area contributed by atoms with Crippen molar-refractivity contribution in [3.63, 3.8) is 0 Å². The summed E-state index contributed by atoms with van der Waals surface area (Å²) < 4.78 is 6.19. The van der Waals surface area contributed by atoms with Gasteiger partial charge < -0.3 is 15.5 Å². The minimum Gasteiger partial charge on any atom is -0.372 e. The van der Waals surface area contributed by atoms with Crippen LogP contribution in [0.1, 0.15) is 17.5 Å². The zero-order valence-electron chi connectivity index (χ0n) is 12.7. The number of fused-ring (bicyclic) bond motifs is 2. The summed E-state index contributed by atoms with van der Waals surface area (Å²) >= 11 is 0. The molecule has 0 amide bonds. The van der Waals surface area contributed by atoms with Crippen LogP contribution >= 0.6 is 0 Å². The molecule has 0 bridgehead atoms. The highest BCUT2D eigenvalue weighted by Gasteiger charge is 2.51. The molecule has 0 saturated carbocycles. The maximum Gasteiger partial charge on any atom is 0.109 e. The van der Waals surface area contributed by atoms with Crippen LogP contribution in [0.5, 0.6) is 0 Å². The van der Waals surface area contributed by atoms with Gasteiger partial charge in [0.25, 0.3) is 0 Å². The first kappa shape index (κ1) is 13.3. The standard InChI is InChI=1S/C17H23N3O/c1-20-10-11(8-18)7-17(21-2)13-4-3-5-14-16(13)12(9-19-14)6-15(17)20/h3-5,9,11,15,19H,6-8,10,18H2,1-2H3/t11-,15+,17?/m0/s1. The van der Waals surface area contributed by atoms with Crippen LogP contribution in [0.15, 0.2) is 24.4 Å². The minimum absolute atomic E-state index is 0.230. The number of H-pyrrole nitrogens is 1. The Balaban J connectivity index is 1.96. The predicted octanol–water partition coefficient (Wildman–Crippen LogP) is 1.84. The molecule has 2 aromatic rings. The normalized spacial score (nSPS) is 32.3. The Morgan fingerprint density at radius 1 is 1.48 bits per heavy atom. The first-order chi connectivity index (χ1) is 10.2. The van der Waals surface area contributed by atoms with E-state index in [0.717, 1.165) is 25.9 Å². The van der Waals surface area contributed by atoms with Crippen LogP contribution in [-0.4, -0.2) is 43.2 Å². The lowest BCUT2D eigenvalue weighted by molar-refractivity contribution is -0.124. The van der Waals surface area contributed by atoms with E-state index in [4.69, 9.17) is 10.5 Å². The van der Waals surface area contributed by atoms with Gasteiger partial charge in [-0.05, 0) is 49.5 Å². The number of likely N-dealkylation sites (N-methyl/N-ethyl adjacent to an activating group) is 1. The van der Waals surface area contributed by atoms with Gasteiger partial charge in [0.15, 0.2) is 0 Å². The summed E-state index contributed by atoms with van der Waals surface area (Å²) in [6, 6.07) is 6.91. The number of likely N-dealkylation sites (tertiary alicyclic amines) is 1. The molecule has 3 atom stereocenters. The largest absolute Gasteiger partial charge is 0.372 e. The summed E-state index contributed by atoms with van der Waals surface area (Å²) in [5.74, 6) is 0.488. The van der Waals surface area contributed by atoms with Gasteiger partial charge in [0.2, 0.25) is 0 Å². The maximum absolute atomic E-state index is 6.19. The third-order valence-corrected chi connectivity index (χ3v) is 5.56. The molecule has 21 heavy (non-hydrogen) atoms. The molecule has 3 N–H and O–H groups in total. The van der Waals surface area contributed by atoms with Gasteiger partial charge in [0.1, 0.15) is 5.60 Å². The molecule has 0 spiro atoms. The lowest BCUT2D eigenvalue weighted by Crippen LogP contribution is -2.60. The SMILES string of the molecule is COC12C[C@@H](CN)CN(C)[C@@H]1Cc1c[nH]c3cccc2c13. The molecule has 4 nitrogen and oxygen atoms in total. The highest BCUT2D eigenvalue weighted by Crippen LogP contribution is 2.49. The fourth-order valence-corrected chi connectivity index (χ4v) is 4.59. The van der Waals surface area contributed by atoms with Gasteiger partial charge >= 0.3 is 0 Å². The van der Waals surface area contributed by atoms with Crippen molar-refractivity contribution in [3.05, 3.63) is 35.5 Å². The highest BCUT2D eigenvalue weighted by atomic mass is 16.5. The van der Waals surface area contributed by atoms with Gasteiger partial charge in [0.05, 0.1) is 0 Å². The molecule has 1 unspecified atom stereocenters. The summed E-state index contributed by atoms with van der Waals surface area (Å²) in [4.78, 5) is 5.86. The molecule has 1 aromatic heterocycles. The molecule has 2 aliphatic rings. The third kappa shape index (κ3) is 1.67. The number of rotatable bonds is 2. The number of hydrogen-bond donors (Lipinski definition) is 2. The summed E-state index contributed by atoms with van der Waals surface area (Å²) in [6.07, 6.45) is 4.22. The number of nitrogens with zero attached hydrogens (tertiary/aromatic N) is 1. The first-order valence-electron chi connectivity index (χ1n) is 7.74. The van der Waals surface area contributed by atoms with Crippen LogP contribution in [0.3, 0.4) is 0 Å². The van der Waals surface area contributed by atoms with Crippen LogP contribution in [0.2, 0.25) is 0 Å². The Morgan fingerprint density at radius 3 is 3.10 bits per heavy atom. The Bertz CT molecular complexity index is 680. The molecule has 1 aromatic carbocycles. The molecular weight excluding hydrogens is 262 g/mol. The Kier molecular flexibility index (Phi) is 2.89. The number of piperidine rings is 1. The number of nitrogens with two attached hydrogens (primary N) is 1. The topological polar surface area (TPSA) is 54.3 Å². The van der Waals surface area contributed by atoms with Gasteiger partial charge in [-0.2, -0.15) is 0 Å². The van der Waals surface area contributed by atoms with Crippen molar-refractivity contribution in [1.82, 2.24) is 9.88 Å². The molecule has 112 valence electrons. The number of ether oxygens (including phenoxy) is 1. The van der Waals surface area contributed by atoms with Gasteiger partial charge in [-0.25, -0.2) is 0 Å². The van der Waals surface area contributed by atoms with Crippen molar-refractivity contribution in [2.75, 3.05) is 27.2 Å². The summed E-state index contributed by atoms with van der Waals surface area (Å²) in [5, 5.41) is 1.36. The number of methoxy groups -OCH3 is 1. The van der Waals surface area contributed by atoms with E-state index in [1.807, 2.05) is 7.11 Å². The Morgan fingerprint density at radius 2 is 2.33 bits per heavy atom. The van der Waals surface area contributed by atoms with Gasteiger partial charge in [-0.15, -0.1) is 0 Å². The molecule has 1 aliphatic heterocycles. The van der Waals surface area contributed by atoms with E-state index < -0.39 is 0 Å². The fraction of sp³-hybridized carbons (Fsp3) is 0.529. The van der Waals surface area contributed by atoms with E-state index in [-0.39, 0.29) is 5.60 Å². The van der Waals surface area contributed by atoms with Gasteiger partial charge in [0, 0.05) is 36.8 Å². The molecule has 4 rings (SSSR count). The van der Waals surface area contributed by atoms with E-state index in [1.165, 1.54) is 22.0 Å². The van der Waals surface area contributed by atoms with Crippen molar-refractivity contribution in [2.24, 2.45) is 11.7 Å². The zero-order chi connectivity index (χ0) is 14.6. The summed E-state index contributed by atoms with van der Waals surface area (Å²) in [7, 11) is 4.06. The number of aromatic amines is 1. The molecular formula is C17H23N3O. The first-order valence-corrected chi connectivity index (χ1v) is 7.74. The average molecular weight is 285 g/mol. The van der Waals surface area contributed by atoms with Gasteiger partial charge in [-0.3, -0.25) is 4.90 Å². The quantitative estimate of drug-likeness (QED) is 0.885. The monoisotopic (exact) mass is 285 g/mol. The number of nitrogens with one attached hydrogen (secondary N) is 1. The van der Waals surface area contributed by atoms with Crippen molar-refractivity contribution in [3.8, 4) is 0 Å². The van der Waals surface area contributed by atoms with E-state index >= 15 is 0 Å². The van der Waals surface area contributed by atoms with Gasteiger partial charge in [-0.1, -0.05) is 12.1 Å². The van der Waals surface area contributed by atoms with Crippen LogP contribution in [0, 0.1) is 5.92 Å². The third-order valence-electron chi connectivity index (χ3n) is 5.56.